The second kappa shape index (κ2) is 8.24. The van der Waals surface area contributed by atoms with E-state index in [2.05, 4.69) is 5.32 Å². The average molecular weight is 304 g/mol. The number of benzene rings is 1. The summed E-state index contributed by atoms with van der Waals surface area (Å²) < 4.78 is 42.2. The zero-order chi connectivity index (χ0) is 15.9. The minimum Gasteiger partial charge on any atom is -0.496 e. The fourth-order valence-corrected chi connectivity index (χ4v) is 2.19. The summed E-state index contributed by atoms with van der Waals surface area (Å²) in [7, 11) is 3.29. The largest absolute Gasteiger partial charge is 0.496 e. The summed E-state index contributed by atoms with van der Waals surface area (Å²) in [6.45, 7) is 3.18. The summed E-state index contributed by atoms with van der Waals surface area (Å²) in [6.07, 6.45) is -4.92. The van der Waals surface area contributed by atoms with Crippen LogP contribution in [0.25, 0.3) is 0 Å². The minimum atomic E-state index is -4.12. The average Bonchev–Trinajstić information content (AvgIpc) is 2.44. The molecule has 0 aliphatic carbocycles. The Bertz CT molecular complexity index is 424. The van der Waals surface area contributed by atoms with E-state index in [1.54, 1.807) is 19.1 Å². The topological polar surface area (TPSA) is 24.5 Å². The van der Waals surface area contributed by atoms with Crippen molar-refractivity contribution in [3.8, 4) is 5.75 Å². The zero-order valence-corrected chi connectivity index (χ0v) is 12.7. The number of hydrogen-bond acceptors (Lipinski definition) is 3. The number of ether oxygens (including phenoxy) is 1. The number of likely N-dealkylation sites (N-methyl/N-ethyl adjacent to an activating group) is 2. The standard InChI is InChI=1S/C15H23F3N2O/c1-4-19-13(11-20(2)10-9-15(16,17)18)12-7-5-6-8-14(12)21-3/h5-8,13,19H,4,9-11H2,1-3H3. The van der Waals surface area contributed by atoms with Gasteiger partial charge < -0.3 is 15.0 Å². The van der Waals surface area contributed by atoms with Crippen LogP contribution in [-0.4, -0.2) is 44.9 Å². The van der Waals surface area contributed by atoms with Crippen molar-refractivity contribution in [2.24, 2.45) is 0 Å². The molecule has 0 aromatic heterocycles. The third-order valence-corrected chi connectivity index (χ3v) is 3.24. The van der Waals surface area contributed by atoms with Gasteiger partial charge in [0.1, 0.15) is 5.75 Å². The summed E-state index contributed by atoms with van der Waals surface area (Å²) in [5.74, 6) is 0.743. The Morgan fingerprint density at radius 3 is 2.52 bits per heavy atom. The highest BCUT2D eigenvalue weighted by Crippen LogP contribution is 2.26. The van der Waals surface area contributed by atoms with E-state index in [1.165, 1.54) is 0 Å². The molecule has 1 N–H and O–H groups in total. The van der Waals surface area contributed by atoms with Gasteiger partial charge in [-0.3, -0.25) is 0 Å². The molecule has 0 aliphatic rings. The molecule has 0 heterocycles. The fraction of sp³-hybridized carbons (Fsp3) is 0.600. The van der Waals surface area contributed by atoms with Crippen LogP contribution in [0, 0.1) is 0 Å². The molecule has 0 saturated carbocycles. The van der Waals surface area contributed by atoms with E-state index in [9.17, 15) is 13.2 Å². The van der Waals surface area contributed by atoms with E-state index < -0.39 is 12.6 Å². The molecule has 0 fully saturated rings. The van der Waals surface area contributed by atoms with Crippen molar-refractivity contribution in [2.75, 3.05) is 33.8 Å². The van der Waals surface area contributed by atoms with Crippen molar-refractivity contribution in [2.45, 2.75) is 25.6 Å². The van der Waals surface area contributed by atoms with Crippen LogP contribution < -0.4 is 10.1 Å². The number of para-hydroxylation sites is 1. The molecule has 0 spiro atoms. The number of nitrogens with one attached hydrogen (secondary N) is 1. The molecule has 3 nitrogen and oxygen atoms in total. The van der Waals surface area contributed by atoms with Crippen LogP contribution in [0.2, 0.25) is 0 Å². The summed E-state index contributed by atoms with van der Waals surface area (Å²) in [6, 6.07) is 7.50. The highest BCUT2D eigenvalue weighted by Gasteiger charge is 2.27. The molecule has 6 heteroatoms. The van der Waals surface area contributed by atoms with Crippen LogP contribution in [-0.2, 0) is 0 Å². The van der Waals surface area contributed by atoms with Crippen LogP contribution in [0.5, 0.6) is 5.75 Å². The maximum atomic E-state index is 12.3. The third-order valence-electron chi connectivity index (χ3n) is 3.24. The van der Waals surface area contributed by atoms with Crippen molar-refractivity contribution < 1.29 is 17.9 Å². The molecule has 0 aliphatic heterocycles. The van der Waals surface area contributed by atoms with Crippen molar-refractivity contribution in [3.63, 3.8) is 0 Å². The van der Waals surface area contributed by atoms with E-state index in [-0.39, 0.29) is 12.6 Å². The van der Waals surface area contributed by atoms with Crippen molar-refractivity contribution in [1.29, 1.82) is 0 Å². The number of rotatable bonds is 8. The van der Waals surface area contributed by atoms with E-state index >= 15 is 0 Å². The van der Waals surface area contributed by atoms with Crippen LogP contribution in [0.1, 0.15) is 24.9 Å². The Hall–Kier alpha value is -1.27. The van der Waals surface area contributed by atoms with Gasteiger partial charge in [-0.1, -0.05) is 25.1 Å². The molecular weight excluding hydrogens is 281 g/mol. The van der Waals surface area contributed by atoms with Crippen LogP contribution in [0.3, 0.4) is 0 Å². The predicted molar refractivity (Wildman–Crippen MR) is 77.6 cm³/mol. The Balaban J connectivity index is 2.73. The number of alkyl halides is 3. The molecular formula is C15H23F3N2O. The Labute approximate surface area is 124 Å². The van der Waals surface area contributed by atoms with Crippen LogP contribution >= 0.6 is 0 Å². The third kappa shape index (κ3) is 6.35. The van der Waals surface area contributed by atoms with Crippen LogP contribution in [0.4, 0.5) is 13.2 Å². The van der Waals surface area contributed by atoms with E-state index in [0.29, 0.717) is 6.54 Å². The summed E-state index contributed by atoms with van der Waals surface area (Å²) >= 11 is 0. The normalized spacial score (nSPS) is 13.5. The van der Waals surface area contributed by atoms with Gasteiger partial charge in [-0.15, -0.1) is 0 Å². The second-order valence-corrected chi connectivity index (χ2v) is 4.98. The lowest BCUT2D eigenvalue weighted by atomic mass is 10.0. The lowest BCUT2D eigenvalue weighted by molar-refractivity contribution is -0.137. The van der Waals surface area contributed by atoms with Crippen molar-refractivity contribution >= 4 is 0 Å². The Morgan fingerprint density at radius 1 is 1.29 bits per heavy atom. The van der Waals surface area contributed by atoms with Gasteiger partial charge in [0.25, 0.3) is 0 Å². The van der Waals surface area contributed by atoms with Gasteiger partial charge in [0.15, 0.2) is 0 Å². The number of hydrogen-bond donors (Lipinski definition) is 1. The molecule has 0 radical (unpaired) electrons. The number of nitrogens with zero attached hydrogens (tertiary/aromatic N) is 1. The first kappa shape index (κ1) is 17.8. The molecule has 1 atom stereocenters. The lowest BCUT2D eigenvalue weighted by Crippen LogP contribution is -2.35. The first-order valence-corrected chi connectivity index (χ1v) is 6.99. The SMILES string of the molecule is CCNC(CN(C)CCC(F)(F)F)c1ccccc1OC. The molecule has 0 bridgehead atoms. The summed E-state index contributed by atoms with van der Waals surface area (Å²) in [5.41, 5.74) is 0.959. The molecule has 0 amide bonds. The number of halogens is 3. The monoisotopic (exact) mass is 304 g/mol. The van der Waals surface area contributed by atoms with Gasteiger partial charge >= 0.3 is 6.18 Å². The first-order chi connectivity index (χ1) is 9.87. The van der Waals surface area contributed by atoms with Gasteiger partial charge in [0.2, 0.25) is 0 Å². The van der Waals surface area contributed by atoms with Crippen molar-refractivity contribution in [3.05, 3.63) is 29.8 Å². The van der Waals surface area contributed by atoms with Gasteiger partial charge in [-0.25, -0.2) is 0 Å². The second-order valence-electron chi connectivity index (χ2n) is 4.98. The number of methoxy groups -OCH3 is 1. The molecule has 120 valence electrons. The van der Waals surface area contributed by atoms with Gasteiger partial charge in [-0.05, 0) is 19.7 Å². The molecule has 1 aromatic rings. The highest BCUT2D eigenvalue weighted by atomic mass is 19.4. The molecule has 1 unspecified atom stereocenters. The molecule has 1 aromatic carbocycles. The van der Waals surface area contributed by atoms with Crippen LogP contribution in [0.15, 0.2) is 24.3 Å². The molecule has 1 rings (SSSR count). The fourth-order valence-electron chi connectivity index (χ4n) is 2.19. The van der Waals surface area contributed by atoms with E-state index in [1.807, 2.05) is 31.2 Å². The minimum absolute atomic E-state index is 0.0133. The Morgan fingerprint density at radius 2 is 1.95 bits per heavy atom. The van der Waals surface area contributed by atoms with Gasteiger partial charge in [0.05, 0.1) is 13.5 Å². The maximum Gasteiger partial charge on any atom is 0.390 e. The zero-order valence-electron chi connectivity index (χ0n) is 12.7. The molecule has 0 saturated heterocycles. The Kier molecular flexibility index (Phi) is 6.98. The van der Waals surface area contributed by atoms with Gasteiger partial charge in [0, 0.05) is 24.7 Å². The predicted octanol–water partition coefficient (Wildman–Crippen LogP) is 3.23. The lowest BCUT2D eigenvalue weighted by Gasteiger charge is -2.26. The summed E-state index contributed by atoms with van der Waals surface area (Å²) in [4.78, 5) is 1.69. The van der Waals surface area contributed by atoms with Crippen molar-refractivity contribution in [1.82, 2.24) is 10.2 Å². The quantitative estimate of drug-likeness (QED) is 0.798. The highest BCUT2D eigenvalue weighted by molar-refractivity contribution is 5.36. The maximum absolute atomic E-state index is 12.3. The smallest absolute Gasteiger partial charge is 0.390 e. The summed E-state index contributed by atoms with van der Waals surface area (Å²) in [5, 5.41) is 3.30. The van der Waals surface area contributed by atoms with E-state index in [0.717, 1.165) is 17.9 Å². The first-order valence-electron chi connectivity index (χ1n) is 6.99. The van der Waals surface area contributed by atoms with E-state index in [4.69, 9.17) is 4.74 Å². The molecule has 21 heavy (non-hydrogen) atoms. The van der Waals surface area contributed by atoms with Gasteiger partial charge in [-0.2, -0.15) is 13.2 Å².